The number of aromatic nitrogens is 3. The average molecular weight is 346 g/mol. The van der Waals surface area contributed by atoms with Crippen LogP contribution in [0, 0.1) is 11.8 Å². The molecular weight excluding hydrogens is 310 g/mol. The number of hydrogen-bond donors (Lipinski definition) is 1. The summed E-state index contributed by atoms with van der Waals surface area (Å²) in [4.78, 5) is 7.51. The summed E-state index contributed by atoms with van der Waals surface area (Å²) < 4.78 is 2.32. The van der Waals surface area contributed by atoms with Crippen LogP contribution < -0.4 is 5.32 Å². The maximum absolute atomic E-state index is 5.07. The Morgan fingerprint density at radius 3 is 2.52 bits per heavy atom. The molecule has 0 bridgehead atoms. The molecule has 1 saturated carbocycles. The van der Waals surface area contributed by atoms with E-state index < -0.39 is 0 Å². The first-order valence-corrected chi connectivity index (χ1v) is 10.6. The van der Waals surface area contributed by atoms with E-state index in [0.29, 0.717) is 5.92 Å². The highest BCUT2D eigenvalue weighted by molar-refractivity contribution is 5.05. The highest BCUT2D eigenvalue weighted by atomic mass is 15.4. The minimum absolute atomic E-state index is 0.572. The average Bonchev–Trinajstić information content (AvgIpc) is 3.28. The lowest BCUT2D eigenvalue weighted by molar-refractivity contribution is 0.217. The first-order valence-electron chi connectivity index (χ1n) is 10.6. The van der Waals surface area contributed by atoms with Crippen LogP contribution in [0.5, 0.6) is 0 Å². The predicted octanol–water partition coefficient (Wildman–Crippen LogP) is 2.82. The van der Waals surface area contributed by atoms with Crippen molar-refractivity contribution in [3.05, 3.63) is 11.6 Å². The van der Waals surface area contributed by atoms with Crippen LogP contribution in [0.25, 0.3) is 0 Å². The van der Waals surface area contributed by atoms with Crippen LogP contribution in [0.1, 0.15) is 68.9 Å². The van der Waals surface area contributed by atoms with Crippen molar-refractivity contribution < 1.29 is 0 Å². The Hall–Kier alpha value is -0.940. The quantitative estimate of drug-likeness (QED) is 0.891. The molecule has 3 heterocycles. The lowest BCUT2D eigenvalue weighted by Crippen LogP contribution is -2.31. The summed E-state index contributed by atoms with van der Waals surface area (Å²) in [7, 11) is 2.23. The molecule has 1 aromatic heterocycles. The molecule has 0 spiro atoms. The molecule has 5 nitrogen and oxygen atoms in total. The Bertz CT molecular complexity index is 534. The van der Waals surface area contributed by atoms with Crippen LogP contribution in [-0.2, 0) is 13.0 Å². The van der Waals surface area contributed by atoms with E-state index in [1.807, 2.05) is 0 Å². The van der Waals surface area contributed by atoms with Gasteiger partial charge >= 0.3 is 0 Å². The van der Waals surface area contributed by atoms with Gasteiger partial charge in [0.2, 0.25) is 0 Å². The van der Waals surface area contributed by atoms with E-state index in [4.69, 9.17) is 10.1 Å². The lowest BCUT2D eigenvalue weighted by atomic mass is 9.89. The van der Waals surface area contributed by atoms with Gasteiger partial charge in [0.1, 0.15) is 5.82 Å². The van der Waals surface area contributed by atoms with E-state index >= 15 is 0 Å². The zero-order valence-corrected chi connectivity index (χ0v) is 15.9. The molecule has 2 saturated heterocycles. The van der Waals surface area contributed by atoms with Crippen molar-refractivity contribution in [3.8, 4) is 0 Å². The third-order valence-corrected chi connectivity index (χ3v) is 6.63. The van der Waals surface area contributed by atoms with Gasteiger partial charge in [-0.2, -0.15) is 5.10 Å². The molecule has 0 amide bonds. The second kappa shape index (κ2) is 8.17. The minimum Gasteiger partial charge on any atom is -0.316 e. The molecule has 4 rings (SSSR count). The van der Waals surface area contributed by atoms with Gasteiger partial charge in [0, 0.05) is 25.4 Å². The van der Waals surface area contributed by atoms with Gasteiger partial charge in [-0.15, -0.1) is 0 Å². The summed E-state index contributed by atoms with van der Waals surface area (Å²) in [6, 6.07) is 0. The number of nitrogens with zero attached hydrogens (tertiary/aromatic N) is 4. The molecule has 0 unspecified atom stereocenters. The summed E-state index contributed by atoms with van der Waals surface area (Å²) in [5, 5.41) is 8.54. The van der Waals surface area contributed by atoms with Crippen molar-refractivity contribution >= 4 is 0 Å². The Morgan fingerprint density at radius 1 is 1.00 bits per heavy atom. The molecule has 3 aliphatic rings. The highest BCUT2D eigenvalue weighted by Gasteiger charge is 2.27. The van der Waals surface area contributed by atoms with E-state index in [2.05, 4.69) is 21.9 Å². The van der Waals surface area contributed by atoms with Crippen LogP contribution in [-0.4, -0.2) is 52.9 Å². The summed E-state index contributed by atoms with van der Waals surface area (Å²) in [6.07, 6.45) is 11.9. The van der Waals surface area contributed by atoms with Gasteiger partial charge in [0.05, 0.1) is 0 Å². The molecule has 2 aliphatic heterocycles. The molecule has 0 radical (unpaired) electrons. The van der Waals surface area contributed by atoms with Gasteiger partial charge in [-0.1, -0.05) is 19.3 Å². The lowest BCUT2D eigenvalue weighted by Gasteiger charge is -2.28. The first-order chi connectivity index (χ1) is 12.3. The molecule has 5 heteroatoms. The molecule has 1 N–H and O–H groups in total. The normalized spacial score (nSPS) is 27.2. The van der Waals surface area contributed by atoms with Gasteiger partial charge in [0.15, 0.2) is 5.82 Å². The Morgan fingerprint density at radius 2 is 1.80 bits per heavy atom. The van der Waals surface area contributed by atoms with Crippen molar-refractivity contribution in [2.75, 3.05) is 33.2 Å². The SMILES string of the molecule is CN1CCC(Cc2nc([C@@H]3CCNC3)n(CC3CCCCC3)n2)CC1. The predicted molar refractivity (Wildman–Crippen MR) is 101 cm³/mol. The number of rotatable bonds is 5. The molecule has 1 atom stereocenters. The van der Waals surface area contributed by atoms with Crippen LogP contribution in [0.3, 0.4) is 0 Å². The van der Waals surface area contributed by atoms with E-state index in [1.54, 1.807) is 0 Å². The number of nitrogens with one attached hydrogen (secondary N) is 1. The van der Waals surface area contributed by atoms with Gasteiger partial charge < -0.3 is 10.2 Å². The first kappa shape index (κ1) is 17.5. The van der Waals surface area contributed by atoms with E-state index in [-0.39, 0.29) is 0 Å². The van der Waals surface area contributed by atoms with Gasteiger partial charge in [-0.05, 0) is 70.6 Å². The van der Waals surface area contributed by atoms with Crippen molar-refractivity contribution in [2.24, 2.45) is 11.8 Å². The summed E-state index contributed by atoms with van der Waals surface area (Å²) in [6.45, 7) is 5.77. The number of likely N-dealkylation sites (tertiary alicyclic amines) is 1. The largest absolute Gasteiger partial charge is 0.316 e. The monoisotopic (exact) mass is 345 g/mol. The van der Waals surface area contributed by atoms with Gasteiger partial charge in [-0.25, -0.2) is 9.67 Å². The zero-order chi connectivity index (χ0) is 17.1. The molecule has 1 aliphatic carbocycles. The fourth-order valence-electron chi connectivity index (χ4n) is 4.94. The second-order valence-electron chi connectivity index (χ2n) is 8.71. The number of hydrogen-bond acceptors (Lipinski definition) is 4. The van der Waals surface area contributed by atoms with Crippen LogP contribution in [0.15, 0.2) is 0 Å². The van der Waals surface area contributed by atoms with Crippen molar-refractivity contribution in [3.63, 3.8) is 0 Å². The fraction of sp³-hybridized carbons (Fsp3) is 0.900. The Labute approximate surface area is 152 Å². The fourth-order valence-corrected chi connectivity index (χ4v) is 4.94. The van der Waals surface area contributed by atoms with Crippen LogP contribution in [0.4, 0.5) is 0 Å². The molecule has 3 fully saturated rings. The van der Waals surface area contributed by atoms with Gasteiger partial charge in [0.25, 0.3) is 0 Å². The van der Waals surface area contributed by atoms with E-state index in [0.717, 1.165) is 43.7 Å². The third-order valence-electron chi connectivity index (χ3n) is 6.63. The molecule has 140 valence electrons. The molecule has 1 aromatic rings. The topological polar surface area (TPSA) is 46.0 Å². The maximum atomic E-state index is 5.07. The van der Waals surface area contributed by atoms with Crippen LogP contribution >= 0.6 is 0 Å². The summed E-state index contributed by atoms with van der Waals surface area (Å²) in [5.41, 5.74) is 0. The smallest absolute Gasteiger partial charge is 0.151 e. The van der Waals surface area contributed by atoms with Crippen molar-refractivity contribution in [2.45, 2.75) is 70.3 Å². The maximum Gasteiger partial charge on any atom is 0.151 e. The van der Waals surface area contributed by atoms with E-state index in [9.17, 15) is 0 Å². The Balaban J connectivity index is 1.46. The van der Waals surface area contributed by atoms with E-state index in [1.165, 1.54) is 70.3 Å². The Kier molecular flexibility index (Phi) is 5.71. The molecule has 25 heavy (non-hydrogen) atoms. The zero-order valence-electron chi connectivity index (χ0n) is 15.9. The standard InChI is InChI=1S/C20H35N5/c1-24-11-8-16(9-12-24)13-19-22-20(18-7-10-21-14-18)25(23-19)15-17-5-3-2-4-6-17/h16-18,21H,2-15H2,1H3/t18-/m1/s1. The minimum atomic E-state index is 0.572. The molecular formula is C20H35N5. The molecule has 0 aromatic carbocycles. The second-order valence-corrected chi connectivity index (χ2v) is 8.71. The highest BCUT2D eigenvalue weighted by Crippen LogP contribution is 2.28. The van der Waals surface area contributed by atoms with Crippen LogP contribution in [0.2, 0.25) is 0 Å². The van der Waals surface area contributed by atoms with Gasteiger partial charge in [-0.3, -0.25) is 0 Å². The summed E-state index contributed by atoms with van der Waals surface area (Å²) in [5.74, 6) is 4.56. The third kappa shape index (κ3) is 4.43. The van der Waals surface area contributed by atoms with Crippen molar-refractivity contribution in [1.82, 2.24) is 25.0 Å². The summed E-state index contributed by atoms with van der Waals surface area (Å²) >= 11 is 0. The number of piperidine rings is 1. The van der Waals surface area contributed by atoms with Crippen molar-refractivity contribution in [1.29, 1.82) is 0 Å².